The quantitative estimate of drug-likeness (QED) is 0.660. The maximum atomic E-state index is 11.2. The van der Waals surface area contributed by atoms with Crippen LogP contribution in [0, 0.1) is 22.7 Å². The van der Waals surface area contributed by atoms with Gasteiger partial charge in [0, 0.05) is 0 Å². The van der Waals surface area contributed by atoms with Gasteiger partial charge in [-0.1, -0.05) is 48.0 Å². The van der Waals surface area contributed by atoms with Gasteiger partial charge in [-0.05, 0) is 36.0 Å². The van der Waals surface area contributed by atoms with Crippen molar-refractivity contribution in [2.24, 2.45) is 22.7 Å². The molecule has 0 aliphatic heterocycles. The molecule has 0 aromatic rings. The van der Waals surface area contributed by atoms with Gasteiger partial charge in [0.25, 0.3) is 0 Å². The number of rotatable bonds is 8. The van der Waals surface area contributed by atoms with Crippen molar-refractivity contribution in [3.63, 3.8) is 0 Å². The minimum Gasteiger partial charge on any atom is -0.481 e. The minimum atomic E-state index is -1.32. The molecule has 0 rings (SSSR count). The molecule has 0 aromatic carbocycles. The van der Waals surface area contributed by atoms with Crippen molar-refractivity contribution in [1.29, 1.82) is 0 Å². The van der Waals surface area contributed by atoms with Crippen molar-refractivity contribution in [3.8, 4) is 0 Å². The molecule has 0 aliphatic rings. The van der Waals surface area contributed by atoms with E-state index in [9.17, 15) is 19.8 Å². The van der Waals surface area contributed by atoms with Crippen LogP contribution in [0.15, 0.2) is 0 Å². The number of hydrogen-bond acceptors (Lipinski definition) is 2. The predicted octanol–water partition coefficient (Wildman–Crippen LogP) is 4.04. The van der Waals surface area contributed by atoms with Crippen LogP contribution in [0.1, 0.15) is 67.2 Å². The molecule has 4 heteroatoms. The van der Waals surface area contributed by atoms with E-state index in [0.29, 0.717) is 18.8 Å². The Hall–Kier alpha value is -1.06. The lowest BCUT2D eigenvalue weighted by atomic mass is 9.70. The average Bonchev–Trinajstić information content (AvgIpc) is 2.23. The number of hydrogen-bond donors (Lipinski definition) is 2. The monoisotopic (exact) mass is 286 g/mol. The normalized spacial score (nSPS) is 16.8. The van der Waals surface area contributed by atoms with Gasteiger partial charge in [0.15, 0.2) is 5.92 Å². The van der Waals surface area contributed by atoms with E-state index in [1.54, 1.807) is 6.92 Å². The molecule has 2 N–H and O–H groups in total. The van der Waals surface area contributed by atoms with Gasteiger partial charge in [-0.3, -0.25) is 9.59 Å². The van der Waals surface area contributed by atoms with Crippen LogP contribution < -0.4 is 0 Å². The lowest BCUT2D eigenvalue weighted by molar-refractivity contribution is -0.161. The third-order valence-corrected chi connectivity index (χ3v) is 4.17. The zero-order valence-corrected chi connectivity index (χ0v) is 13.7. The Kier molecular flexibility index (Phi) is 6.72. The SMILES string of the molecule is CCC(C)(CCC(C)CC(C)(C)C)C(C(=O)O)C(=O)O. The first-order valence-corrected chi connectivity index (χ1v) is 7.38. The van der Waals surface area contributed by atoms with Gasteiger partial charge in [-0.2, -0.15) is 0 Å². The van der Waals surface area contributed by atoms with E-state index in [1.165, 1.54) is 0 Å². The third-order valence-electron chi connectivity index (χ3n) is 4.17. The lowest BCUT2D eigenvalue weighted by Gasteiger charge is -2.33. The fourth-order valence-corrected chi connectivity index (χ4v) is 2.95. The summed E-state index contributed by atoms with van der Waals surface area (Å²) in [6.45, 7) is 12.3. The van der Waals surface area contributed by atoms with Crippen molar-refractivity contribution < 1.29 is 19.8 Å². The zero-order chi connectivity index (χ0) is 16.1. The van der Waals surface area contributed by atoms with E-state index in [4.69, 9.17) is 0 Å². The second-order valence-corrected chi connectivity index (χ2v) is 7.53. The summed E-state index contributed by atoms with van der Waals surface area (Å²) in [5, 5.41) is 18.4. The summed E-state index contributed by atoms with van der Waals surface area (Å²) in [5.41, 5.74) is -0.454. The zero-order valence-electron chi connectivity index (χ0n) is 13.7. The molecular weight excluding hydrogens is 256 g/mol. The molecule has 2 unspecified atom stereocenters. The van der Waals surface area contributed by atoms with E-state index < -0.39 is 23.3 Å². The molecule has 0 heterocycles. The van der Waals surface area contributed by atoms with Gasteiger partial charge in [0.2, 0.25) is 0 Å². The highest BCUT2D eigenvalue weighted by atomic mass is 16.4. The maximum absolute atomic E-state index is 11.2. The van der Waals surface area contributed by atoms with Crippen LogP contribution in [0.4, 0.5) is 0 Å². The summed E-state index contributed by atoms with van der Waals surface area (Å²) in [7, 11) is 0. The van der Waals surface area contributed by atoms with Gasteiger partial charge in [-0.25, -0.2) is 0 Å². The highest BCUT2D eigenvalue weighted by Crippen LogP contribution is 2.39. The second kappa shape index (κ2) is 7.09. The van der Waals surface area contributed by atoms with Gasteiger partial charge < -0.3 is 10.2 Å². The van der Waals surface area contributed by atoms with E-state index in [1.807, 2.05) is 6.92 Å². The number of aliphatic carboxylic acids is 2. The molecule has 118 valence electrons. The average molecular weight is 286 g/mol. The molecule has 20 heavy (non-hydrogen) atoms. The Balaban J connectivity index is 4.82. The van der Waals surface area contributed by atoms with Crippen LogP contribution in [-0.4, -0.2) is 22.2 Å². The van der Waals surface area contributed by atoms with E-state index in [0.717, 1.165) is 12.8 Å². The molecule has 0 aromatic heterocycles. The molecule has 0 amide bonds. The first kappa shape index (κ1) is 18.9. The van der Waals surface area contributed by atoms with Gasteiger partial charge >= 0.3 is 11.9 Å². The van der Waals surface area contributed by atoms with Crippen molar-refractivity contribution in [1.82, 2.24) is 0 Å². The highest BCUT2D eigenvalue weighted by molar-refractivity contribution is 5.93. The standard InChI is InChI=1S/C16H30O4/c1-7-16(6,12(13(17)18)14(19)20)9-8-11(2)10-15(3,4)5/h11-12H,7-10H2,1-6H3,(H,17,18)(H,19,20). The molecular formula is C16H30O4. The smallest absolute Gasteiger partial charge is 0.318 e. The van der Waals surface area contributed by atoms with E-state index in [-0.39, 0.29) is 5.41 Å². The number of carboxylic acids is 2. The fourth-order valence-electron chi connectivity index (χ4n) is 2.95. The summed E-state index contributed by atoms with van der Waals surface area (Å²) >= 11 is 0. The van der Waals surface area contributed by atoms with Crippen LogP contribution in [0.5, 0.6) is 0 Å². The molecule has 2 atom stereocenters. The Morgan fingerprint density at radius 2 is 1.50 bits per heavy atom. The van der Waals surface area contributed by atoms with Gasteiger partial charge in [0.05, 0.1) is 0 Å². The summed E-state index contributed by atoms with van der Waals surface area (Å²) in [5.74, 6) is -3.32. The van der Waals surface area contributed by atoms with Crippen molar-refractivity contribution in [3.05, 3.63) is 0 Å². The van der Waals surface area contributed by atoms with E-state index >= 15 is 0 Å². The molecule has 0 aliphatic carbocycles. The van der Waals surface area contributed by atoms with Crippen molar-refractivity contribution in [2.45, 2.75) is 67.2 Å². The number of carboxylic acid groups (broad SMARTS) is 2. The van der Waals surface area contributed by atoms with Crippen LogP contribution in [-0.2, 0) is 9.59 Å². The second-order valence-electron chi connectivity index (χ2n) is 7.53. The van der Waals surface area contributed by atoms with Crippen LogP contribution in [0.2, 0.25) is 0 Å². The molecule has 0 bridgehead atoms. The van der Waals surface area contributed by atoms with Crippen LogP contribution in [0.3, 0.4) is 0 Å². The lowest BCUT2D eigenvalue weighted by Crippen LogP contribution is -2.39. The first-order valence-electron chi connectivity index (χ1n) is 7.38. The topological polar surface area (TPSA) is 74.6 Å². The summed E-state index contributed by atoms with van der Waals surface area (Å²) < 4.78 is 0. The molecule has 4 nitrogen and oxygen atoms in total. The van der Waals surface area contributed by atoms with E-state index in [2.05, 4.69) is 27.7 Å². The Morgan fingerprint density at radius 1 is 1.05 bits per heavy atom. The van der Waals surface area contributed by atoms with Crippen LogP contribution >= 0.6 is 0 Å². The maximum Gasteiger partial charge on any atom is 0.318 e. The van der Waals surface area contributed by atoms with Crippen molar-refractivity contribution >= 4 is 11.9 Å². The Labute approximate surface area is 122 Å². The summed E-state index contributed by atoms with van der Waals surface area (Å²) in [6, 6.07) is 0. The number of carbonyl (C=O) groups is 2. The summed E-state index contributed by atoms with van der Waals surface area (Å²) in [4.78, 5) is 22.5. The first-order chi connectivity index (χ1) is 8.93. The molecule has 0 fully saturated rings. The largest absolute Gasteiger partial charge is 0.481 e. The van der Waals surface area contributed by atoms with Gasteiger partial charge in [-0.15, -0.1) is 0 Å². The fraction of sp³-hybridized carbons (Fsp3) is 0.875. The highest BCUT2D eigenvalue weighted by Gasteiger charge is 2.43. The van der Waals surface area contributed by atoms with Gasteiger partial charge in [0.1, 0.15) is 0 Å². The Bertz CT molecular complexity index is 329. The Morgan fingerprint density at radius 3 is 1.80 bits per heavy atom. The minimum absolute atomic E-state index is 0.237. The predicted molar refractivity (Wildman–Crippen MR) is 79.6 cm³/mol. The molecule has 0 spiro atoms. The van der Waals surface area contributed by atoms with Crippen molar-refractivity contribution in [2.75, 3.05) is 0 Å². The molecule has 0 saturated carbocycles. The van der Waals surface area contributed by atoms with Crippen LogP contribution in [0.25, 0.3) is 0 Å². The molecule has 0 radical (unpaired) electrons. The summed E-state index contributed by atoms with van der Waals surface area (Å²) in [6.07, 6.45) is 3.10. The molecule has 0 saturated heterocycles. The third kappa shape index (κ3) is 5.93.